The van der Waals surface area contributed by atoms with Gasteiger partial charge in [0.2, 0.25) is 5.91 Å². The second kappa shape index (κ2) is 17.3. The number of carboxylic acid groups (broad SMARTS) is 1. The molecule has 2 N–H and O–H groups in total. The highest BCUT2D eigenvalue weighted by Crippen LogP contribution is 2.41. The van der Waals surface area contributed by atoms with Gasteiger partial charge in [0.1, 0.15) is 31.0 Å². The van der Waals surface area contributed by atoms with E-state index in [1.165, 1.54) is 16.2 Å². The molecule has 13 heteroatoms. The summed E-state index contributed by atoms with van der Waals surface area (Å²) < 4.78 is 18.6. The summed E-state index contributed by atoms with van der Waals surface area (Å²) in [7, 11) is 0. The van der Waals surface area contributed by atoms with Gasteiger partial charge in [-0.05, 0) is 98.9 Å². The second-order valence-electron chi connectivity index (χ2n) is 14.2. The first-order chi connectivity index (χ1) is 28.6. The Labute approximate surface area is 354 Å². The summed E-state index contributed by atoms with van der Waals surface area (Å²) in [6, 6.07) is 34.5. The number of benzene rings is 5. The van der Waals surface area contributed by atoms with Crippen molar-refractivity contribution < 1.29 is 33.7 Å². The smallest absolute Gasteiger partial charge is 0.326 e. The molecule has 2 amide bonds. The molecule has 59 heavy (non-hydrogen) atoms. The monoisotopic (exact) mass is 843 g/mol. The first kappa shape index (κ1) is 39.5. The number of halogens is 2. The quantitative estimate of drug-likeness (QED) is 0.132. The second-order valence-corrected chi connectivity index (χ2v) is 16.0. The number of thiophene rings is 1. The Morgan fingerprint density at radius 3 is 2.27 bits per heavy atom. The minimum Gasteiger partial charge on any atom is -0.489 e. The average Bonchev–Trinajstić information content (AvgIpc) is 3.81. The highest BCUT2D eigenvalue weighted by atomic mass is 35.5. The van der Waals surface area contributed by atoms with Crippen molar-refractivity contribution in [3.8, 4) is 34.4 Å². The summed E-state index contributed by atoms with van der Waals surface area (Å²) in [4.78, 5) is 42.5. The Balaban J connectivity index is 0.964. The number of amides is 2. The Morgan fingerprint density at radius 2 is 1.59 bits per heavy atom. The molecular weight excluding hydrogens is 809 g/mol. The van der Waals surface area contributed by atoms with Crippen molar-refractivity contribution in [3.05, 3.63) is 169 Å². The van der Waals surface area contributed by atoms with Crippen LogP contribution in [0.3, 0.4) is 0 Å². The summed E-state index contributed by atoms with van der Waals surface area (Å²) in [6.45, 7) is 0.672. The van der Waals surface area contributed by atoms with Crippen molar-refractivity contribution in [2.75, 3.05) is 6.61 Å². The number of nitriles is 1. The van der Waals surface area contributed by atoms with E-state index in [9.17, 15) is 19.5 Å². The van der Waals surface area contributed by atoms with E-state index in [0.29, 0.717) is 49.9 Å². The van der Waals surface area contributed by atoms with E-state index in [1.54, 1.807) is 41.8 Å². The normalized spacial score (nSPS) is 16.0. The molecule has 296 valence electrons. The molecule has 3 heterocycles. The third-order valence-corrected chi connectivity index (χ3v) is 11.9. The van der Waals surface area contributed by atoms with Gasteiger partial charge in [-0.3, -0.25) is 9.59 Å². The van der Waals surface area contributed by atoms with Gasteiger partial charge >= 0.3 is 5.97 Å². The van der Waals surface area contributed by atoms with Gasteiger partial charge in [-0.25, -0.2) is 4.79 Å². The maximum absolute atomic E-state index is 14.1. The van der Waals surface area contributed by atoms with Gasteiger partial charge in [0.05, 0.1) is 26.6 Å². The molecule has 2 aliphatic heterocycles. The number of nitrogens with one attached hydrogen (secondary N) is 1. The zero-order valence-corrected chi connectivity index (χ0v) is 33.6. The molecule has 0 radical (unpaired) electrons. The lowest BCUT2D eigenvalue weighted by Crippen LogP contribution is -2.55. The predicted molar refractivity (Wildman–Crippen MR) is 224 cm³/mol. The van der Waals surface area contributed by atoms with Crippen LogP contribution in [-0.4, -0.2) is 46.5 Å². The van der Waals surface area contributed by atoms with Crippen LogP contribution in [0.15, 0.2) is 121 Å². The van der Waals surface area contributed by atoms with Crippen molar-refractivity contribution in [1.29, 1.82) is 5.26 Å². The lowest BCUT2D eigenvalue weighted by atomic mass is 9.92. The van der Waals surface area contributed by atoms with E-state index in [-0.39, 0.29) is 31.9 Å². The number of carboxylic acids is 1. The first-order valence-corrected chi connectivity index (χ1v) is 20.3. The molecule has 0 saturated heterocycles. The van der Waals surface area contributed by atoms with Gasteiger partial charge in [-0.15, -0.1) is 11.3 Å². The zero-order valence-electron chi connectivity index (χ0n) is 31.3. The van der Waals surface area contributed by atoms with Gasteiger partial charge in [-0.1, -0.05) is 83.9 Å². The number of fused-ring (bicyclic) bond motifs is 2. The molecule has 3 atom stereocenters. The van der Waals surface area contributed by atoms with Crippen molar-refractivity contribution in [2.45, 2.75) is 44.2 Å². The van der Waals surface area contributed by atoms with Crippen LogP contribution in [0.4, 0.5) is 0 Å². The number of aliphatic carboxylic acids is 1. The Hall–Kier alpha value is -6.32. The molecule has 0 spiro atoms. The van der Waals surface area contributed by atoms with Crippen LogP contribution < -0.4 is 19.5 Å². The number of hydrogen-bond acceptors (Lipinski definition) is 8. The van der Waals surface area contributed by atoms with Crippen LogP contribution in [-0.2, 0) is 35.6 Å². The van der Waals surface area contributed by atoms with E-state index in [1.807, 2.05) is 78.9 Å². The third kappa shape index (κ3) is 8.91. The number of ether oxygens (including phenoxy) is 3. The zero-order chi connectivity index (χ0) is 41.0. The van der Waals surface area contributed by atoms with Crippen molar-refractivity contribution in [1.82, 2.24) is 10.2 Å². The van der Waals surface area contributed by atoms with Crippen LogP contribution in [0, 0.1) is 11.3 Å². The van der Waals surface area contributed by atoms with E-state index in [0.717, 1.165) is 33.4 Å². The lowest BCUT2D eigenvalue weighted by Gasteiger charge is -2.37. The molecule has 0 saturated carbocycles. The molecule has 2 aliphatic rings. The maximum atomic E-state index is 14.1. The summed E-state index contributed by atoms with van der Waals surface area (Å²) in [5, 5.41) is 24.8. The van der Waals surface area contributed by atoms with Crippen LogP contribution in [0.1, 0.15) is 49.2 Å². The Morgan fingerprint density at radius 1 is 0.881 bits per heavy atom. The number of nitrogens with zero attached hydrogens (tertiary/aromatic N) is 2. The van der Waals surface area contributed by atoms with Crippen LogP contribution in [0.25, 0.3) is 11.1 Å². The summed E-state index contributed by atoms with van der Waals surface area (Å²) >= 11 is 13.4. The highest BCUT2D eigenvalue weighted by molar-refractivity contribution is 7.12. The summed E-state index contributed by atoms with van der Waals surface area (Å²) in [5.74, 6) is -0.382. The van der Waals surface area contributed by atoms with Gasteiger partial charge in [0, 0.05) is 19.4 Å². The largest absolute Gasteiger partial charge is 0.489 e. The molecule has 0 aliphatic carbocycles. The molecular formula is C46H35Cl2N3O7S. The molecule has 1 unspecified atom stereocenters. The van der Waals surface area contributed by atoms with Crippen molar-refractivity contribution in [2.24, 2.45) is 0 Å². The first-order valence-electron chi connectivity index (χ1n) is 18.7. The summed E-state index contributed by atoms with van der Waals surface area (Å²) in [6.07, 6.45) is -0.227. The van der Waals surface area contributed by atoms with Gasteiger partial charge < -0.3 is 29.5 Å². The SMILES string of the molecule is N#Cc1ccc(-c2ccc(C[C@H](NC(=O)[C@@H]3Cc4cc5c(cc4CN3C(=O)c3cccs3)OC(c3ccc(OCc4ccc(Cl)c(Cl)c4)cc3)CO5)C(=O)O)cc2)cc1. The topological polar surface area (TPSA) is 138 Å². The highest BCUT2D eigenvalue weighted by Gasteiger charge is 2.38. The van der Waals surface area contributed by atoms with E-state index >= 15 is 0 Å². The minimum atomic E-state index is -1.25. The van der Waals surface area contributed by atoms with Crippen LogP contribution >= 0.6 is 34.5 Å². The molecule has 0 bridgehead atoms. The Bertz CT molecular complexity index is 2560. The molecule has 8 rings (SSSR count). The third-order valence-electron chi connectivity index (χ3n) is 10.3. The van der Waals surface area contributed by atoms with Crippen LogP contribution in [0.2, 0.25) is 10.0 Å². The van der Waals surface area contributed by atoms with E-state index in [4.69, 9.17) is 42.7 Å². The minimum absolute atomic E-state index is 0.0330. The maximum Gasteiger partial charge on any atom is 0.326 e. The molecule has 1 aromatic heterocycles. The standard InChI is InChI=1S/C46H35Cl2N3O7S/c47-36-16-7-29(18-37(36)48)25-56-35-14-12-32(13-15-35)42-26-57-40-21-33-20-39(51(24-34(33)22-41(40)58-42)45(53)43-2-1-17-59-43)44(52)50-38(46(54)55)19-27-3-8-30(9-4-27)31-10-5-28(23-49)6-11-31/h1-18,21-22,38-39,42H,19-20,24-26H2,(H,50,52)(H,54,55)/t38-,39-,42?/m0/s1. The molecule has 10 nitrogen and oxygen atoms in total. The average molecular weight is 845 g/mol. The fourth-order valence-electron chi connectivity index (χ4n) is 7.15. The number of hydrogen-bond donors (Lipinski definition) is 2. The molecule has 0 fully saturated rings. The lowest BCUT2D eigenvalue weighted by molar-refractivity contribution is -0.142. The van der Waals surface area contributed by atoms with Gasteiger partial charge in [0.15, 0.2) is 17.6 Å². The molecule has 5 aromatic carbocycles. The fourth-order valence-corrected chi connectivity index (χ4v) is 8.15. The number of carbonyl (C=O) groups is 3. The van der Waals surface area contributed by atoms with E-state index in [2.05, 4.69) is 11.4 Å². The fraction of sp³-hybridized carbons (Fsp3) is 0.174. The molecule has 6 aromatic rings. The predicted octanol–water partition coefficient (Wildman–Crippen LogP) is 9.06. The van der Waals surface area contributed by atoms with Crippen LogP contribution in [0.5, 0.6) is 17.2 Å². The van der Waals surface area contributed by atoms with Crippen molar-refractivity contribution in [3.63, 3.8) is 0 Å². The summed E-state index contributed by atoms with van der Waals surface area (Å²) in [5.41, 5.74) is 6.46. The van der Waals surface area contributed by atoms with Crippen molar-refractivity contribution >= 4 is 52.3 Å². The Kier molecular flexibility index (Phi) is 11.6. The van der Waals surface area contributed by atoms with Gasteiger partial charge in [0.25, 0.3) is 5.91 Å². The van der Waals surface area contributed by atoms with E-state index < -0.39 is 30.1 Å². The number of carbonyl (C=O) groups excluding carboxylic acids is 2. The van der Waals surface area contributed by atoms with Gasteiger partial charge in [-0.2, -0.15) is 5.26 Å². The number of rotatable bonds is 11.